The first-order valence-electron chi connectivity index (χ1n) is 8.19. The van der Waals surface area contributed by atoms with Crippen LogP contribution in [0.25, 0.3) is 22.0 Å². The van der Waals surface area contributed by atoms with E-state index in [1.807, 2.05) is 36.5 Å². The largest absolute Gasteiger partial charge is 0.343 e. The Labute approximate surface area is 155 Å². The third-order valence-electron chi connectivity index (χ3n) is 4.44. The van der Waals surface area contributed by atoms with Gasteiger partial charge in [0.15, 0.2) is 0 Å². The molecule has 0 radical (unpaired) electrons. The van der Waals surface area contributed by atoms with Crippen LogP contribution in [0.5, 0.6) is 0 Å². The molecule has 0 saturated heterocycles. The number of aromatic nitrogens is 1. The first kappa shape index (κ1) is 16.4. The molecule has 4 aromatic rings. The highest BCUT2D eigenvalue weighted by atomic mass is 35.5. The maximum atomic E-state index is 11.4. The molecule has 0 bridgehead atoms. The fraction of sp³-hybridized carbons (Fsp3) is 0.0476. The van der Waals surface area contributed by atoms with Crippen molar-refractivity contribution in [2.45, 2.75) is 6.54 Å². The minimum absolute atomic E-state index is 0.0758. The summed E-state index contributed by atoms with van der Waals surface area (Å²) in [5.41, 5.74) is 3.55. The van der Waals surface area contributed by atoms with Gasteiger partial charge in [-0.05, 0) is 35.4 Å². The summed E-state index contributed by atoms with van der Waals surface area (Å²) in [6, 6.07) is 22.6. The van der Waals surface area contributed by atoms with Crippen molar-refractivity contribution in [2.24, 2.45) is 0 Å². The number of nitrogens with zero attached hydrogens (tertiary/aromatic N) is 2. The number of rotatable bonds is 4. The van der Waals surface area contributed by atoms with Gasteiger partial charge in [0.05, 0.1) is 16.0 Å². The molecule has 128 valence electrons. The second-order valence-corrected chi connectivity index (χ2v) is 6.53. The molecule has 4 rings (SSSR count). The van der Waals surface area contributed by atoms with Crippen LogP contribution in [0.4, 0.5) is 5.69 Å². The first-order chi connectivity index (χ1) is 12.6. The number of nitro benzene ring substituents is 1. The SMILES string of the molecule is O=[N+]([O-])c1ccccc1-c1cc(Cl)cc2c1ccn2Cc1ccccc1. The molecule has 0 aliphatic carbocycles. The Bertz CT molecular complexity index is 1100. The number of para-hydroxylation sites is 1. The summed E-state index contributed by atoms with van der Waals surface area (Å²) >= 11 is 6.35. The van der Waals surface area contributed by atoms with Gasteiger partial charge in [-0.25, -0.2) is 0 Å². The maximum Gasteiger partial charge on any atom is 0.277 e. The van der Waals surface area contributed by atoms with Gasteiger partial charge in [-0.2, -0.15) is 0 Å². The van der Waals surface area contributed by atoms with Crippen LogP contribution in [0.15, 0.2) is 79.0 Å². The average molecular weight is 363 g/mol. The number of benzene rings is 3. The van der Waals surface area contributed by atoms with Crippen LogP contribution in [-0.2, 0) is 6.54 Å². The highest BCUT2D eigenvalue weighted by Gasteiger charge is 2.18. The molecule has 0 atom stereocenters. The van der Waals surface area contributed by atoms with Crippen molar-refractivity contribution in [1.82, 2.24) is 4.57 Å². The minimum Gasteiger partial charge on any atom is -0.343 e. The normalized spacial score (nSPS) is 11.0. The first-order valence-corrected chi connectivity index (χ1v) is 8.57. The second kappa shape index (κ2) is 6.65. The standard InChI is InChI=1S/C21H15ClN2O2/c22-16-12-19(17-8-4-5-9-20(17)24(25)26)18-10-11-23(21(18)13-16)14-15-6-2-1-3-7-15/h1-13H,14H2. The fourth-order valence-corrected chi connectivity index (χ4v) is 3.48. The third-order valence-corrected chi connectivity index (χ3v) is 4.66. The number of hydrogen-bond donors (Lipinski definition) is 0. The topological polar surface area (TPSA) is 48.1 Å². The summed E-state index contributed by atoms with van der Waals surface area (Å²) in [4.78, 5) is 11.1. The summed E-state index contributed by atoms with van der Waals surface area (Å²) in [7, 11) is 0. The van der Waals surface area contributed by atoms with E-state index in [2.05, 4.69) is 16.7 Å². The van der Waals surface area contributed by atoms with E-state index < -0.39 is 0 Å². The monoisotopic (exact) mass is 362 g/mol. The van der Waals surface area contributed by atoms with Gasteiger partial charge in [-0.15, -0.1) is 0 Å². The molecule has 0 unspecified atom stereocenters. The lowest BCUT2D eigenvalue weighted by atomic mass is 10.00. The molecule has 0 fully saturated rings. The predicted molar refractivity (Wildman–Crippen MR) is 105 cm³/mol. The summed E-state index contributed by atoms with van der Waals surface area (Å²) in [6.07, 6.45) is 1.99. The van der Waals surface area contributed by atoms with E-state index in [-0.39, 0.29) is 10.6 Å². The Balaban J connectivity index is 1.89. The van der Waals surface area contributed by atoms with Crippen molar-refractivity contribution in [1.29, 1.82) is 0 Å². The van der Waals surface area contributed by atoms with Gasteiger partial charge in [0, 0.05) is 29.2 Å². The molecule has 1 aromatic heterocycles. The minimum atomic E-state index is -0.358. The Hall–Kier alpha value is -3.11. The van der Waals surface area contributed by atoms with Crippen LogP contribution in [0.1, 0.15) is 5.56 Å². The summed E-state index contributed by atoms with van der Waals surface area (Å²) in [5.74, 6) is 0. The highest BCUT2D eigenvalue weighted by molar-refractivity contribution is 6.32. The molecule has 26 heavy (non-hydrogen) atoms. The van der Waals surface area contributed by atoms with Crippen molar-refractivity contribution >= 4 is 28.2 Å². The highest BCUT2D eigenvalue weighted by Crippen LogP contribution is 2.37. The molecule has 1 heterocycles. The zero-order chi connectivity index (χ0) is 18.1. The fourth-order valence-electron chi connectivity index (χ4n) is 3.26. The molecule has 0 N–H and O–H groups in total. The maximum absolute atomic E-state index is 11.4. The van der Waals surface area contributed by atoms with Gasteiger partial charge in [-0.3, -0.25) is 10.1 Å². The van der Waals surface area contributed by atoms with Crippen LogP contribution >= 0.6 is 11.6 Å². The number of fused-ring (bicyclic) bond motifs is 1. The van der Waals surface area contributed by atoms with Crippen molar-refractivity contribution < 1.29 is 4.92 Å². The van der Waals surface area contributed by atoms with Gasteiger partial charge >= 0.3 is 0 Å². The van der Waals surface area contributed by atoms with E-state index in [4.69, 9.17) is 11.6 Å². The third kappa shape index (κ3) is 2.95. The molecule has 0 spiro atoms. The number of nitro groups is 1. The van der Waals surface area contributed by atoms with E-state index in [0.717, 1.165) is 16.5 Å². The van der Waals surface area contributed by atoms with Crippen molar-refractivity contribution in [3.63, 3.8) is 0 Å². The summed E-state index contributed by atoms with van der Waals surface area (Å²) < 4.78 is 2.11. The molecule has 0 aliphatic rings. The Kier molecular flexibility index (Phi) is 4.19. The predicted octanol–water partition coefficient (Wildman–Crippen LogP) is 5.92. The van der Waals surface area contributed by atoms with Gasteiger partial charge in [0.25, 0.3) is 5.69 Å². The quantitative estimate of drug-likeness (QED) is 0.334. The van der Waals surface area contributed by atoms with Crippen molar-refractivity contribution in [2.75, 3.05) is 0 Å². The van der Waals surface area contributed by atoms with Crippen LogP contribution < -0.4 is 0 Å². The van der Waals surface area contributed by atoms with Crippen LogP contribution in [0.2, 0.25) is 5.02 Å². The lowest BCUT2D eigenvalue weighted by molar-refractivity contribution is -0.384. The Morgan fingerprint density at radius 1 is 0.923 bits per heavy atom. The molecule has 0 aliphatic heterocycles. The average Bonchev–Trinajstić information content (AvgIpc) is 3.04. The van der Waals surface area contributed by atoms with Gasteiger partial charge < -0.3 is 4.57 Å². The van der Waals surface area contributed by atoms with E-state index in [1.54, 1.807) is 24.3 Å². The Morgan fingerprint density at radius 3 is 2.42 bits per heavy atom. The van der Waals surface area contributed by atoms with Gasteiger partial charge in [0.1, 0.15) is 0 Å². The van der Waals surface area contributed by atoms with E-state index in [9.17, 15) is 10.1 Å². The number of hydrogen-bond acceptors (Lipinski definition) is 2. The lowest BCUT2D eigenvalue weighted by Gasteiger charge is -2.09. The molecular formula is C21H15ClN2O2. The van der Waals surface area contributed by atoms with Gasteiger partial charge in [0.2, 0.25) is 0 Å². The van der Waals surface area contributed by atoms with Crippen LogP contribution in [0, 0.1) is 10.1 Å². The Morgan fingerprint density at radius 2 is 1.65 bits per heavy atom. The van der Waals surface area contributed by atoms with Crippen LogP contribution in [-0.4, -0.2) is 9.49 Å². The molecule has 4 nitrogen and oxygen atoms in total. The summed E-state index contributed by atoms with van der Waals surface area (Å²) in [6.45, 7) is 0.709. The molecule has 5 heteroatoms. The molecular weight excluding hydrogens is 348 g/mol. The molecule has 3 aromatic carbocycles. The van der Waals surface area contributed by atoms with Crippen molar-refractivity contribution in [3.05, 3.63) is 99.7 Å². The van der Waals surface area contributed by atoms with E-state index >= 15 is 0 Å². The second-order valence-electron chi connectivity index (χ2n) is 6.09. The van der Waals surface area contributed by atoms with E-state index in [1.165, 1.54) is 11.6 Å². The number of halogens is 1. The smallest absolute Gasteiger partial charge is 0.277 e. The van der Waals surface area contributed by atoms with E-state index in [0.29, 0.717) is 17.1 Å². The zero-order valence-electron chi connectivity index (χ0n) is 13.8. The van der Waals surface area contributed by atoms with Crippen LogP contribution in [0.3, 0.4) is 0 Å². The van der Waals surface area contributed by atoms with Gasteiger partial charge in [-0.1, -0.05) is 54.1 Å². The molecule has 0 saturated carbocycles. The zero-order valence-corrected chi connectivity index (χ0v) is 14.6. The molecule has 0 amide bonds. The lowest BCUT2D eigenvalue weighted by Crippen LogP contribution is -1.98. The van der Waals surface area contributed by atoms with Crippen molar-refractivity contribution in [3.8, 4) is 11.1 Å². The summed E-state index contributed by atoms with van der Waals surface area (Å²) in [5, 5.41) is 12.9.